The second kappa shape index (κ2) is 5.80. The molecule has 0 saturated heterocycles. The van der Waals surface area contributed by atoms with Crippen molar-refractivity contribution in [2.75, 3.05) is 5.32 Å². The first-order chi connectivity index (χ1) is 9.81. The van der Waals surface area contributed by atoms with E-state index in [4.69, 9.17) is 0 Å². The molecule has 20 heavy (non-hydrogen) atoms. The van der Waals surface area contributed by atoms with Crippen LogP contribution in [-0.2, 0) is 6.54 Å². The summed E-state index contributed by atoms with van der Waals surface area (Å²) >= 11 is 2.95. The molecule has 0 aliphatic carbocycles. The number of carbonyl (C=O) groups excluding carboxylic acids is 1. The van der Waals surface area contributed by atoms with Crippen LogP contribution in [0.15, 0.2) is 34.6 Å². The van der Waals surface area contributed by atoms with Crippen LogP contribution in [0.3, 0.4) is 0 Å². The smallest absolute Gasteiger partial charge is 0.321 e. The lowest BCUT2D eigenvalue weighted by molar-refractivity contribution is 0.251. The number of nitrogens with one attached hydrogen (secondary N) is 2. The van der Waals surface area contributed by atoms with E-state index >= 15 is 0 Å². The fraction of sp³-hybridized carbons (Fsp3) is 0.0909. The minimum absolute atomic E-state index is 0.307. The Bertz CT molecular complexity index is 676. The third-order valence-corrected chi connectivity index (χ3v) is 3.75. The van der Waals surface area contributed by atoms with Gasteiger partial charge in [0.25, 0.3) is 0 Å². The highest BCUT2D eigenvalue weighted by molar-refractivity contribution is 7.13. The normalized spacial score (nSPS) is 10.4. The van der Waals surface area contributed by atoms with Crippen molar-refractivity contribution in [2.45, 2.75) is 6.54 Å². The molecular weight excluding hydrogens is 296 g/mol. The van der Waals surface area contributed by atoms with E-state index in [0.29, 0.717) is 17.4 Å². The van der Waals surface area contributed by atoms with Gasteiger partial charge in [-0.3, -0.25) is 5.32 Å². The van der Waals surface area contributed by atoms with E-state index in [1.807, 2.05) is 16.8 Å². The van der Waals surface area contributed by atoms with E-state index in [1.165, 1.54) is 11.3 Å². The van der Waals surface area contributed by atoms with Crippen LogP contribution < -0.4 is 10.6 Å². The van der Waals surface area contributed by atoms with Crippen LogP contribution in [-0.4, -0.2) is 26.0 Å². The number of urea groups is 1. The van der Waals surface area contributed by atoms with Crippen LogP contribution in [0.5, 0.6) is 0 Å². The average molecular weight is 306 g/mol. The van der Waals surface area contributed by atoms with Gasteiger partial charge in [0, 0.05) is 17.0 Å². The summed E-state index contributed by atoms with van der Waals surface area (Å²) in [5.41, 5.74) is 1.64. The lowest BCUT2D eigenvalue weighted by Crippen LogP contribution is -2.28. The molecule has 2 amide bonds. The molecule has 102 valence electrons. The Kier molecular flexibility index (Phi) is 3.70. The van der Waals surface area contributed by atoms with Gasteiger partial charge < -0.3 is 5.32 Å². The summed E-state index contributed by atoms with van der Waals surface area (Å²) in [6, 6.07) is 1.64. The highest BCUT2D eigenvalue weighted by Gasteiger charge is 2.06. The fourth-order valence-corrected chi connectivity index (χ4v) is 2.64. The molecule has 3 heterocycles. The largest absolute Gasteiger partial charge is 0.332 e. The lowest BCUT2D eigenvalue weighted by Gasteiger charge is -2.02. The summed E-state index contributed by atoms with van der Waals surface area (Å²) in [6.07, 6.45) is 3.42. The van der Waals surface area contributed by atoms with Crippen molar-refractivity contribution in [3.8, 4) is 5.69 Å². The fourth-order valence-electron chi connectivity index (χ4n) is 1.49. The molecule has 0 aliphatic rings. The molecule has 0 aromatic carbocycles. The van der Waals surface area contributed by atoms with Gasteiger partial charge in [0.1, 0.15) is 5.69 Å². The molecule has 0 fully saturated rings. The molecule has 0 aliphatic heterocycles. The maximum atomic E-state index is 11.6. The third kappa shape index (κ3) is 3.00. The van der Waals surface area contributed by atoms with Crippen molar-refractivity contribution in [1.82, 2.24) is 25.3 Å². The maximum Gasteiger partial charge on any atom is 0.321 e. The number of carbonyl (C=O) groups is 1. The van der Waals surface area contributed by atoms with Gasteiger partial charge in [-0.25, -0.2) is 14.5 Å². The molecule has 0 spiro atoms. The first-order valence-electron chi connectivity index (χ1n) is 5.69. The van der Waals surface area contributed by atoms with Gasteiger partial charge >= 0.3 is 6.03 Å². The Hall–Kier alpha value is -2.26. The molecule has 7 nitrogen and oxygen atoms in total. The molecule has 0 bridgehead atoms. The summed E-state index contributed by atoms with van der Waals surface area (Å²) in [7, 11) is 0. The van der Waals surface area contributed by atoms with Crippen molar-refractivity contribution >= 4 is 33.8 Å². The molecular formula is C11H10N6OS2. The van der Waals surface area contributed by atoms with E-state index in [1.54, 1.807) is 33.8 Å². The minimum Gasteiger partial charge on any atom is -0.332 e. The monoisotopic (exact) mass is 306 g/mol. The van der Waals surface area contributed by atoms with Crippen molar-refractivity contribution in [1.29, 1.82) is 0 Å². The van der Waals surface area contributed by atoms with E-state index in [9.17, 15) is 4.79 Å². The summed E-state index contributed by atoms with van der Waals surface area (Å²) in [6.45, 7) is 0.307. The number of hydrogen-bond donors (Lipinski definition) is 2. The van der Waals surface area contributed by atoms with Crippen molar-refractivity contribution in [3.63, 3.8) is 0 Å². The Morgan fingerprint density at radius 3 is 3.10 bits per heavy atom. The number of aromatic nitrogens is 4. The topological polar surface area (TPSA) is 84.7 Å². The number of rotatable bonds is 4. The third-order valence-electron chi connectivity index (χ3n) is 2.39. The Labute approximate surface area is 122 Å². The van der Waals surface area contributed by atoms with Gasteiger partial charge in [-0.15, -0.1) is 16.4 Å². The molecule has 3 aromatic rings. The van der Waals surface area contributed by atoms with Crippen molar-refractivity contribution < 1.29 is 4.79 Å². The summed E-state index contributed by atoms with van der Waals surface area (Å²) in [5, 5.41) is 19.6. The number of thiophene rings is 1. The van der Waals surface area contributed by atoms with Crippen LogP contribution in [0.1, 0.15) is 5.69 Å². The molecule has 3 rings (SSSR count). The highest BCUT2D eigenvalue weighted by atomic mass is 32.1. The lowest BCUT2D eigenvalue weighted by atomic mass is 10.4. The van der Waals surface area contributed by atoms with Gasteiger partial charge in [-0.1, -0.05) is 5.21 Å². The van der Waals surface area contributed by atoms with Crippen LogP contribution in [0, 0.1) is 0 Å². The van der Waals surface area contributed by atoms with Gasteiger partial charge in [-0.2, -0.15) is 11.3 Å². The van der Waals surface area contributed by atoms with E-state index < -0.39 is 0 Å². The van der Waals surface area contributed by atoms with Crippen LogP contribution in [0.25, 0.3) is 5.69 Å². The van der Waals surface area contributed by atoms with E-state index in [0.717, 1.165) is 5.69 Å². The van der Waals surface area contributed by atoms with E-state index in [-0.39, 0.29) is 6.03 Å². The molecule has 0 unspecified atom stereocenters. The van der Waals surface area contributed by atoms with Gasteiger partial charge in [0.15, 0.2) is 5.13 Å². The zero-order valence-electron chi connectivity index (χ0n) is 10.2. The summed E-state index contributed by atoms with van der Waals surface area (Å²) in [5.74, 6) is 0. The maximum absolute atomic E-state index is 11.6. The van der Waals surface area contributed by atoms with Gasteiger partial charge in [-0.05, 0) is 11.4 Å². The van der Waals surface area contributed by atoms with Crippen LogP contribution in [0.4, 0.5) is 9.93 Å². The summed E-state index contributed by atoms with van der Waals surface area (Å²) < 4.78 is 1.67. The number of anilines is 1. The van der Waals surface area contributed by atoms with E-state index in [2.05, 4.69) is 25.9 Å². The van der Waals surface area contributed by atoms with Crippen LogP contribution >= 0.6 is 22.7 Å². The Balaban J connectivity index is 1.55. The molecule has 0 radical (unpaired) electrons. The Morgan fingerprint density at radius 1 is 1.40 bits per heavy atom. The summed E-state index contributed by atoms with van der Waals surface area (Å²) in [4.78, 5) is 15.6. The average Bonchev–Trinajstić information content (AvgIpc) is 3.18. The molecule has 0 atom stereocenters. The van der Waals surface area contributed by atoms with Gasteiger partial charge in [0.05, 0.1) is 18.4 Å². The standard InChI is InChI=1S/C11H10N6OS2/c18-10(14-11-12-2-4-20-11)13-5-8-6-17(16-15-8)9-1-3-19-7-9/h1-4,6-7H,5H2,(H2,12,13,14,18). The quantitative estimate of drug-likeness (QED) is 0.773. The van der Waals surface area contributed by atoms with Crippen molar-refractivity contribution in [3.05, 3.63) is 40.3 Å². The highest BCUT2D eigenvalue weighted by Crippen LogP contribution is 2.11. The van der Waals surface area contributed by atoms with Crippen LogP contribution in [0.2, 0.25) is 0 Å². The number of hydrogen-bond acceptors (Lipinski definition) is 6. The number of thiazole rings is 1. The minimum atomic E-state index is -0.315. The molecule has 2 N–H and O–H groups in total. The predicted molar refractivity (Wildman–Crippen MR) is 77.2 cm³/mol. The molecule has 3 aromatic heterocycles. The van der Waals surface area contributed by atoms with Crippen molar-refractivity contribution in [2.24, 2.45) is 0 Å². The zero-order valence-corrected chi connectivity index (χ0v) is 11.8. The SMILES string of the molecule is O=C(NCc1cn(-c2ccsc2)nn1)Nc1nccs1. The number of amides is 2. The Morgan fingerprint density at radius 2 is 2.35 bits per heavy atom. The zero-order chi connectivity index (χ0) is 13.8. The predicted octanol–water partition coefficient (Wildman–Crippen LogP) is 2.11. The molecule has 0 saturated carbocycles. The number of nitrogens with zero attached hydrogens (tertiary/aromatic N) is 4. The second-order valence-electron chi connectivity index (χ2n) is 3.78. The second-order valence-corrected chi connectivity index (χ2v) is 5.46. The first-order valence-corrected chi connectivity index (χ1v) is 7.51. The molecule has 9 heteroatoms. The first kappa shape index (κ1) is 12.8. The van der Waals surface area contributed by atoms with Gasteiger partial charge in [0.2, 0.25) is 0 Å².